The highest BCUT2D eigenvalue weighted by molar-refractivity contribution is 6.42. The number of rotatable bonds is 3. The summed E-state index contributed by atoms with van der Waals surface area (Å²) in [5.41, 5.74) is 3.84. The number of carbonyl (C=O) groups excluding carboxylic acids is 2. The highest BCUT2D eigenvalue weighted by Crippen LogP contribution is 2.40. The Balaban J connectivity index is 1.81. The number of hydrogen-bond acceptors (Lipinski definition) is 4. The van der Waals surface area contributed by atoms with Crippen molar-refractivity contribution in [3.63, 3.8) is 0 Å². The molecule has 8 heteroatoms. The van der Waals surface area contributed by atoms with Gasteiger partial charge < -0.3 is 10.2 Å². The maximum absolute atomic E-state index is 13.3. The SMILES string of the molecule is CNC(=O)c1cc(-c2ccc(Cl)c(Cl)c2)c2c(c1)N(C(=O)[C@@H]1CCCN1C#N)CC2. The molecule has 0 bridgehead atoms. The van der Waals surface area contributed by atoms with Gasteiger partial charge in [-0.25, -0.2) is 0 Å². The second-order valence-electron chi connectivity index (χ2n) is 7.42. The van der Waals surface area contributed by atoms with Crippen LogP contribution in [0.15, 0.2) is 30.3 Å². The molecule has 2 amide bonds. The summed E-state index contributed by atoms with van der Waals surface area (Å²) in [4.78, 5) is 29.0. The van der Waals surface area contributed by atoms with E-state index in [9.17, 15) is 14.9 Å². The summed E-state index contributed by atoms with van der Waals surface area (Å²) < 4.78 is 0. The molecule has 0 spiro atoms. The molecule has 30 heavy (non-hydrogen) atoms. The van der Waals surface area contributed by atoms with Gasteiger partial charge >= 0.3 is 0 Å². The van der Waals surface area contributed by atoms with Crippen LogP contribution in [0.1, 0.15) is 28.8 Å². The predicted octanol–water partition coefficient (Wildman–Crippen LogP) is 3.85. The zero-order chi connectivity index (χ0) is 21.4. The average molecular weight is 443 g/mol. The Hall–Kier alpha value is -2.75. The first kappa shape index (κ1) is 20.5. The van der Waals surface area contributed by atoms with Crippen LogP contribution < -0.4 is 10.2 Å². The average Bonchev–Trinajstić information content (AvgIpc) is 3.40. The lowest BCUT2D eigenvalue weighted by Crippen LogP contribution is -2.43. The van der Waals surface area contributed by atoms with Crippen molar-refractivity contribution in [2.75, 3.05) is 25.0 Å². The van der Waals surface area contributed by atoms with Gasteiger partial charge in [-0.15, -0.1) is 0 Å². The van der Waals surface area contributed by atoms with Crippen LogP contribution in [-0.2, 0) is 11.2 Å². The summed E-state index contributed by atoms with van der Waals surface area (Å²) in [5, 5.41) is 12.9. The number of benzene rings is 2. The van der Waals surface area contributed by atoms with E-state index in [2.05, 4.69) is 11.5 Å². The van der Waals surface area contributed by atoms with Crippen molar-refractivity contribution in [3.05, 3.63) is 51.5 Å². The number of likely N-dealkylation sites (tertiary alicyclic amines) is 1. The molecule has 2 aromatic carbocycles. The number of amides is 2. The molecule has 0 aliphatic carbocycles. The summed E-state index contributed by atoms with van der Waals surface area (Å²) in [5.74, 6) is -0.333. The Morgan fingerprint density at radius 2 is 1.97 bits per heavy atom. The third-order valence-electron chi connectivity index (χ3n) is 5.75. The molecule has 1 atom stereocenters. The van der Waals surface area contributed by atoms with Crippen molar-refractivity contribution >= 4 is 40.7 Å². The number of fused-ring (bicyclic) bond motifs is 1. The van der Waals surface area contributed by atoms with Gasteiger partial charge in [-0.2, -0.15) is 5.26 Å². The fraction of sp³-hybridized carbons (Fsp3) is 0.318. The first-order valence-electron chi connectivity index (χ1n) is 9.76. The highest BCUT2D eigenvalue weighted by Gasteiger charge is 2.37. The van der Waals surface area contributed by atoms with Crippen molar-refractivity contribution in [1.82, 2.24) is 10.2 Å². The summed E-state index contributed by atoms with van der Waals surface area (Å²) in [6.07, 6.45) is 4.26. The molecule has 1 fully saturated rings. The van der Waals surface area contributed by atoms with Gasteiger partial charge in [0.15, 0.2) is 6.19 Å². The second kappa shape index (κ2) is 8.17. The largest absolute Gasteiger partial charge is 0.355 e. The molecule has 1 saturated heterocycles. The van der Waals surface area contributed by atoms with Gasteiger partial charge in [0, 0.05) is 31.4 Å². The van der Waals surface area contributed by atoms with Crippen LogP contribution >= 0.6 is 23.2 Å². The van der Waals surface area contributed by atoms with E-state index in [1.54, 1.807) is 35.0 Å². The molecule has 2 aliphatic heterocycles. The lowest BCUT2D eigenvalue weighted by Gasteiger charge is -2.25. The molecule has 2 aliphatic rings. The minimum absolute atomic E-state index is 0.0954. The maximum atomic E-state index is 13.3. The Kier molecular flexibility index (Phi) is 5.59. The normalized spacial score (nSPS) is 17.6. The van der Waals surface area contributed by atoms with Crippen LogP contribution in [-0.4, -0.2) is 42.9 Å². The van der Waals surface area contributed by atoms with Gasteiger partial charge in [-0.1, -0.05) is 29.3 Å². The Morgan fingerprint density at radius 3 is 2.67 bits per heavy atom. The smallest absolute Gasteiger partial charge is 0.251 e. The Labute approximate surface area is 185 Å². The fourth-order valence-electron chi connectivity index (χ4n) is 4.25. The molecular weight excluding hydrogens is 423 g/mol. The molecule has 2 aromatic rings. The summed E-state index contributed by atoms with van der Waals surface area (Å²) in [6, 6.07) is 8.48. The molecule has 4 rings (SSSR count). The molecule has 2 heterocycles. The van der Waals surface area contributed by atoms with Crippen LogP contribution in [0, 0.1) is 11.5 Å². The fourth-order valence-corrected chi connectivity index (χ4v) is 4.55. The van der Waals surface area contributed by atoms with Crippen LogP contribution in [0.3, 0.4) is 0 Å². The molecule has 0 saturated carbocycles. The highest BCUT2D eigenvalue weighted by atomic mass is 35.5. The molecule has 0 aromatic heterocycles. The molecule has 154 valence electrons. The van der Waals surface area contributed by atoms with Crippen molar-refractivity contribution in [2.24, 2.45) is 0 Å². The predicted molar refractivity (Wildman–Crippen MR) is 117 cm³/mol. The Morgan fingerprint density at radius 1 is 1.17 bits per heavy atom. The van der Waals surface area contributed by atoms with E-state index < -0.39 is 6.04 Å². The number of halogens is 2. The monoisotopic (exact) mass is 442 g/mol. The number of anilines is 1. The van der Waals surface area contributed by atoms with E-state index in [-0.39, 0.29) is 11.8 Å². The third-order valence-corrected chi connectivity index (χ3v) is 6.49. The second-order valence-corrected chi connectivity index (χ2v) is 8.24. The van der Waals surface area contributed by atoms with Gasteiger partial charge in [0.25, 0.3) is 5.91 Å². The van der Waals surface area contributed by atoms with Gasteiger partial charge in [0.2, 0.25) is 5.91 Å². The molecule has 0 unspecified atom stereocenters. The first-order chi connectivity index (χ1) is 14.4. The lowest BCUT2D eigenvalue weighted by atomic mass is 9.95. The van der Waals surface area contributed by atoms with E-state index in [0.29, 0.717) is 47.2 Å². The number of nitrogens with one attached hydrogen (secondary N) is 1. The van der Waals surface area contributed by atoms with Crippen molar-refractivity contribution in [2.45, 2.75) is 25.3 Å². The number of hydrogen-bond donors (Lipinski definition) is 1. The van der Waals surface area contributed by atoms with Crippen LogP contribution in [0.25, 0.3) is 11.1 Å². The first-order valence-corrected chi connectivity index (χ1v) is 10.5. The molecule has 0 radical (unpaired) electrons. The van der Waals surface area contributed by atoms with E-state index >= 15 is 0 Å². The quantitative estimate of drug-likeness (QED) is 0.732. The van der Waals surface area contributed by atoms with Crippen molar-refractivity contribution in [3.8, 4) is 17.3 Å². The molecule has 6 nitrogen and oxygen atoms in total. The zero-order valence-electron chi connectivity index (χ0n) is 16.4. The summed E-state index contributed by atoms with van der Waals surface area (Å²) in [6.45, 7) is 1.11. The van der Waals surface area contributed by atoms with Gasteiger partial charge in [-0.3, -0.25) is 14.5 Å². The van der Waals surface area contributed by atoms with Gasteiger partial charge in [-0.05, 0) is 60.2 Å². The zero-order valence-corrected chi connectivity index (χ0v) is 17.9. The van der Waals surface area contributed by atoms with Gasteiger partial charge in [0.1, 0.15) is 6.04 Å². The van der Waals surface area contributed by atoms with Crippen LogP contribution in [0.2, 0.25) is 10.0 Å². The number of carbonyl (C=O) groups is 2. The van der Waals surface area contributed by atoms with Crippen LogP contribution in [0.4, 0.5) is 5.69 Å². The number of nitrogens with zero attached hydrogens (tertiary/aromatic N) is 3. The lowest BCUT2D eigenvalue weighted by molar-refractivity contribution is -0.121. The third kappa shape index (κ3) is 3.49. The molecule has 1 N–H and O–H groups in total. The summed E-state index contributed by atoms with van der Waals surface area (Å²) >= 11 is 12.3. The molecular formula is C22H20Cl2N4O2. The van der Waals surface area contributed by atoms with Gasteiger partial charge in [0.05, 0.1) is 10.0 Å². The summed E-state index contributed by atoms with van der Waals surface area (Å²) in [7, 11) is 1.57. The Bertz CT molecular complexity index is 1080. The minimum Gasteiger partial charge on any atom is -0.355 e. The number of nitriles is 1. The van der Waals surface area contributed by atoms with Crippen LogP contribution in [0.5, 0.6) is 0 Å². The van der Waals surface area contributed by atoms with E-state index in [4.69, 9.17) is 23.2 Å². The van der Waals surface area contributed by atoms with E-state index in [1.165, 1.54) is 0 Å². The van der Waals surface area contributed by atoms with Crippen molar-refractivity contribution in [1.29, 1.82) is 5.26 Å². The maximum Gasteiger partial charge on any atom is 0.251 e. The van der Waals surface area contributed by atoms with Crippen molar-refractivity contribution < 1.29 is 9.59 Å². The van der Waals surface area contributed by atoms with E-state index in [1.807, 2.05) is 12.1 Å². The topological polar surface area (TPSA) is 76.4 Å². The minimum atomic E-state index is -0.446. The van der Waals surface area contributed by atoms with E-state index in [0.717, 1.165) is 23.1 Å². The standard InChI is InChI=1S/C22H20Cl2N4O2/c1-26-21(29)14-9-16(13-4-5-17(23)18(24)10-13)15-6-8-28(20(15)11-14)22(30)19-3-2-7-27(19)12-25/h4-5,9-11,19H,2-3,6-8H2,1H3,(H,26,29)/t19-/m0/s1.